The molecule has 0 rings (SSSR count). The topological polar surface area (TPSA) is 51.2 Å². The average molecular weight is 550 g/mol. The molecule has 21 heteroatoms. The molecule has 1 unspecified atom stereocenters. The van der Waals surface area contributed by atoms with Gasteiger partial charge in [-0.15, -0.1) is 0 Å². The summed E-state index contributed by atoms with van der Waals surface area (Å²) in [6.07, 6.45) is -12.0. The first-order valence-corrected chi connectivity index (χ1v) is 7.41. The number of carbonyl (C=O) groups is 3. The highest BCUT2D eigenvalue weighted by atomic mass is 19.4. The van der Waals surface area contributed by atoms with Crippen molar-refractivity contribution in [3.8, 4) is 0 Å². The summed E-state index contributed by atoms with van der Waals surface area (Å²) >= 11 is 0. The van der Waals surface area contributed by atoms with Crippen LogP contribution in [-0.2, 0) is 14.4 Å². The number of alkyl halides is 18. The SMILES string of the molecule is CC(F)C(F)(F)C(F)(F)C(=O)C(F)(F)C(=O)C(F)(F)C(=O)C(F)(F)C(F)(F)C(F)(F)C(F)(F)F. The van der Waals surface area contributed by atoms with Crippen LogP contribution >= 0.6 is 0 Å². The van der Waals surface area contributed by atoms with E-state index in [2.05, 4.69) is 0 Å². The predicted octanol–water partition coefficient (Wildman–Crippen LogP) is 5.06. The quantitative estimate of drug-likeness (QED) is 0.283. The highest BCUT2D eigenvalue weighted by Crippen LogP contribution is 2.55. The molecule has 0 aromatic heterocycles. The van der Waals surface area contributed by atoms with Gasteiger partial charge in [-0.1, -0.05) is 0 Å². The Kier molecular flexibility index (Phi) is 7.62. The lowest BCUT2D eigenvalue weighted by molar-refractivity contribution is -0.389. The normalized spacial score (nSPS) is 16.3. The number of halogens is 18. The largest absolute Gasteiger partial charge is 0.460 e. The minimum atomic E-state index is -8.25. The maximum absolute atomic E-state index is 13.4. The summed E-state index contributed by atoms with van der Waals surface area (Å²) < 4.78 is 232. The van der Waals surface area contributed by atoms with E-state index in [9.17, 15) is 93.4 Å². The number of hydrogen-bond donors (Lipinski definition) is 0. The fourth-order valence-corrected chi connectivity index (χ4v) is 1.72. The van der Waals surface area contributed by atoms with Crippen LogP contribution in [0.1, 0.15) is 6.92 Å². The molecule has 0 fully saturated rings. The lowest BCUT2D eigenvalue weighted by Gasteiger charge is -2.34. The van der Waals surface area contributed by atoms with Crippen LogP contribution in [0.5, 0.6) is 0 Å². The van der Waals surface area contributed by atoms with E-state index in [0.29, 0.717) is 0 Å². The van der Waals surface area contributed by atoms with Crippen molar-refractivity contribution in [1.82, 2.24) is 0 Å². The summed E-state index contributed by atoms with van der Waals surface area (Å²) in [6, 6.07) is 0. The second-order valence-electron chi connectivity index (χ2n) is 6.17. The van der Waals surface area contributed by atoms with Gasteiger partial charge in [-0.2, -0.15) is 74.6 Å². The molecule has 200 valence electrons. The zero-order valence-corrected chi connectivity index (χ0v) is 15.1. The average Bonchev–Trinajstić information content (AvgIpc) is 2.64. The van der Waals surface area contributed by atoms with E-state index in [1.807, 2.05) is 0 Å². The van der Waals surface area contributed by atoms with Gasteiger partial charge >= 0.3 is 47.6 Å². The Morgan fingerprint density at radius 3 is 1.06 bits per heavy atom. The summed E-state index contributed by atoms with van der Waals surface area (Å²) in [6.45, 7) is -0.525. The summed E-state index contributed by atoms with van der Waals surface area (Å²) in [5.74, 6) is -68.8. The molecule has 0 saturated heterocycles. The number of ketones is 3. The Labute approximate surface area is 173 Å². The van der Waals surface area contributed by atoms with E-state index in [4.69, 9.17) is 0 Å². The third-order valence-electron chi connectivity index (χ3n) is 3.77. The number of hydrogen-bond acceptors (Lipinski definition) is 3. The van der Waals surface area contributed by atoms with Gasteiger partial charge in [0.25, 0.3) is 17.3 Å². The van der Waals surface area contributed by atoms with Crippen molar-refractivity contribution in [2.45, 2.75) is 60.7 Å². The molecule has 0 heterocycles. The van der Waals surface area contributed by atoms with Crippen LogP contribution in [0.4, 0.5) is 79.0 Å². The molecule has 0 N–H and O–H groups in total. The third kappa shape index (κ3) is 4.29. The highest BCUT2D eigenvalue weighted by Gasteiger charge is 2.86. The molecular formula is C13H4F18O3. The molecule has 0 spiro atoms. The Morgan fingerprint density at radius 2 is 0.794 bits per heavy atom. The first kappa shape index (κ1) is 31.8. The fourth-order valence-electron chi connectivity index (χ4n) is 1.72. The van der Waals surface area contributed by atoms with E-state index in [0.717, 1.165) is 0 Å². The molecule has 0 aliphatic rings. The van der Waals surface area contributed by atoms with E-state index >= 15 is 0 Å². The molecule has 0 saturated carbocycles. The van der Waals surface area contributed by atoms with Gasteiger partial charge in [-0.25, -0.2) is 4.39 Å². The summed E-state index contributed by atoms with van der Waals surface area (Å²) in [7, 11) is 0. The molecule has 0 aromatic carbocycles. The van der Waals surface area contributed by atoms with Crippen LogP contribution in [0.25, 0.3) is 0 Å². The van der Waals surface area contributed by atoms with Crippen molar-refractivity contribution < 1.29 is 93.4 Å². The van der Waals surface area contributed by atoms with Crippen molar-refractivity contribution in [2.75, 3.05) is 0 Å². The second kappa shape index (κ2) is 8.16. The minimum Gasteiger partial charge on any atom is -0.285 e. The lowest BCUT2D eigenvalue weighted by Crippen LogP contribution is -2.68. The van der Waals surface area contributed by atoms with Gasteiger partial charge in [0.2, 0.25) is 0 Å². The van der Waals surface area contributed by atoms with Gasteiger partial charge in [0, 0.05) is 0 Å². The van der Waals surface area contributed by atoms with Crippen LogP contribution in [-0.4, -0.2) is 71.2 Å². The molecule has 0 amide bonds. The minimum absolute atomic E-state index is 0.525. The number of Topliss-reactive ketones (excluding diaryl/α,β-unsaturated/α-hetero) is 3. The number of rotatable bonds is 10. The van der Waals surface area contributed by atoms with Crippen LogP contribution in [0, 0.1) is 0 Å². The molecule has 34 heavy (non-hydrogen) atoms. The van der Waals surface area contributed by atoms with Gasteiger partial charge in [0.15, 0.2) is 6.17 Å². The molecule has 0 aliphatic heterocycles. The summed E-state index contributed by atoms with van der Waals surface area (Å²) in [4.78, 5) is 32.6. The van der Waals surface area contributed by atoms with Gasteiger partial charge in [-0.3, -0.25) is 14.4 Å². The zero-order valence-electron chi connectivity index (χ0n) is 15.1. The maximum Gasteiger partial charge on any atom is 0.460 e. The van der Waals surface area contributed by atoms with Crippen LogP contribution < -0.4 is 0 Å². The number of carbonyl (C=O) groups excluding carboxylic acids is 3. The Bertz CT molecular complexity index is 837. The van der Waals surface area contributed by atoms with E-state index < -0.39 is 78.1 Å². The first-order chi connectivity index (χ1) is 14.4. The van der Waals surface area contributed by atoms with Crippen LogP contribution in [0.3, 0.4) is 0 Å². The van der Waals surface area contributed by atoms with Gasteiger partial charge in [0.05, 0.1) is 0 Å². The van der Waals surface area contributed by atoms with Crippen molar-refractivity contribution >= 4 is 17.3 Å². The van der Waals surface area contributed by atoms with Gasteiger partial charge in [0.1, 0.15) is 0 Å². The van der Waals surface area contributed by atoms with Crippen molar-refractivity contribution in [1.29, 1.82) is 0 Å². The van der Waals surface area contributed by atoms with Gasteiger partial charge in [-0.05, 0) is 6.92 Å². The molecule has 0 aliphatic carbocycles. The standard InChI is InChI=1S/C13H4F18O3/c1-2(14)8(19,20)9(21,22)4(33)6(15,16)3(32)7(17,18)5(34)10(23,24)11(25,26)12(27,28)13(29,30)31/h2H,1H3. The summed E-state index contributed by atoms with van der Waals surface area (Å²) in [5.41, 5.74) is 0. The molecule has 1 atom stereocenters. The smallest absolute Gasteiger partial charge is 0.285 e. The molecular weight excluding hydrogens is 546 g/mol. The first-order valence-electron chi connectivity index (χ1n) is 7.41. The van der Waals surface area contributed by atoms with Gasteiger partial charge < -0.3 is 0 Å². The molecule has 3 nitrogen and oxygen atoms in total. The Morgan fingerprint density at radius 1 is 0.500 bits per heavy atom. The Balaban J connectivity index is 6.57. The van der Waals surface area contributed by atoms with E-state index in [1.165, 1.54) is 0 Å². The van der Waals surface area contributed by atoms with E-state index in [1.54, 1.807) is 0 Å². The van der Waals surface area contributed by atoms with Crippen LogP contribution in [0.15, 0.2) is 0 Å². The third-order valence-corrected chi connectivity index (χ3v) is 3.77. The summed E-state index contributed by atoms with van der Waals surface area (Å²) in [5, 5.41) is 0. The zero-order chi connectivity index (χ0) is 28.3. The maximum atomic E-state index is 13.4. The van der Waals surface area contributed by atoms with Crippen molar-refractivity contribution in [3.63, 3.8) is 0 Å². The highest BCUT2D eigenvalue weighted by molar-refractivity contribution is 6.22. The van der Waals surface area contributed by atoms with Crippen molar-refractivity contribution in [3.05, 3.63) is 0 Å². The second-order valence-corrected chi connectivity index (χ2v) is 6.17. The fraction of sp³-hybridized carbons (Fsp3) is 0.769. The Hall–Kier alpha value is -2.25. The molecule has 0 aromatic rings. The van der Waals surface area contributed by atoms with E-state index in [-0.39, 0.29) is 0 Å². The predicted molar refractivity (Wildman–Crippen MR) is 66.3 cm³/mol. The monoisotopic (exact) mass is 550 g/mol. The van der Waals surface area contributed by atoms with Crippen molar-refractivity contribution in [2.24, 2.45) is 0 Å². The van der Waals surface area contributed by atoms with Crippen LogP contribution in [0.2, 0.25) is 0 Å². The molecule has 0 radical (unpaired) electrons. The molecule has 0 bridgehead atoms. The lowest BCUT2D eigenvalue weighted by atomic mass is 9.89.